The van der Waals surface area contributed by atoms with E-state index in [0.717, 1.165) is 14.9 Å². The number of hydrogen-bond donors (Lipinski definition) is 3. The summed E-state index contributed by atoms with van der Waals surface area (Å²) in [5.74, 6) is 0.00495. The van der Waals surface area contributed by atoms with Crippen LogP contribution in [-0.2, 0) is 17.8 Å². The Morgan fingerprint density at radius 2 is 2.10 bits per heavy atom. The van der Waals surface area contributed by atoms with Crippen molar-refractivity contribution in [3.05, 3.63) is 56.2 Å². The smallest absolute Gasteiger partial charge is 0.224 e. The quantitative estimate of drug-likeness (QED) is 0.328. The molecule has 0 saturated heterocycles. The van der Waals surface area contributed by atoms with Crippen LogP contribution in [0.1, 0.15) is 16.0 Å². The van der Waals surface area contributed by atoms with Gasteiger partial charge >= 0.3 is 0 Å². The highest BCUT2D eigenvalue weighted by Gasteiger charge is 2.05. The van der Waals surface area contributed by atoms with Crippen molar-refractivity contribution in [3.8, 4) is 0 Å². The molecule has 0 aliphatic carbocycles. The highest BCUT2D eigenvalue weighted by Crippen LogP contribution is 2.19. The van der Waals surface area contributed by atoms with Crippen LogP contribution in [0.5, 0.6) is 0 Å². The molecule has 0 unspecified atom stereocenters. The largest absolute Gasteiger partial charge is 0.409 e. The van der Waals surface area contributed by atoms with Gasteiger partial charge in [0.15, 0.2) is 5.84 Å². The molecule has 0 radical (unpaired) electrons. The van der Waals surface area contributed by atoms with Gasteiger partial charge in [-0.25, -0.2) is 0 Å². The molecular formula is C14H14BrN3O2S. The maximum Gasteiger partial charge on any atom is 0.224 e. The molecule has 0 aliphatic heterocycles. The zero-order valence-corrected chi connectivity index (χ0v) is 13.4. The highest BCUT2D eigenvalue weighted by molar-refractivity contribution is 9.10. The maximum absolute atomic E-state index is 11.9. The zero-order valence-electron chi connectivity index (χ0n) is 11.0. The molecule has 21 heavy (non-hydrogen) atoms. The van der Waals surface area contributed by atoms with Gasteiger partial charge in [-0.1, -0.05) is 29.4 Å². The monoisotopic (exact) mass is 367 g/mol. The van der Waals surface area contributed by atoms with Gasteiger partial charge in [0, 0.05) is 20.3 Å². The van der Waals surface area contributed by atoms with Crippen LogP contribution in [0.4, 0.5) is 0 Å². The lowest BCUT2D eigenvalue weighted by Crippen LogP contribution is -2.24. The lowest BCUT2D eigenvalue weighted by molar-refractivity contribution is -0.120. The Labute approximate surface area is 134 Å². The first-order valence-electron chi connectivity index (χ1n) is 6.15. The molecule has 2 rings (SSSR count). The molecule has 5 nitrogen and oxygen atoms in total. The van der Waals surface area contributed by atoms with Crippen molar-refractivity contribution in [2.75, 3.05) is 0 Å². The summed E-state index contributed by atoms with van der Waals surface area (Å²) in [5.41, 5.74) is 6.96. The number of halogens is 1. The van der Waals surface area contributed by atoms with E-state index in [1.807, 2.05) is 11.4 Å². The molecule has 4 N–H and O–H groups in total. The van der Waals surface area contributed by atoms with E-state index < -0.39 is 0 Å². The van der Waals surface area contributed by atoms with E-state index in [9.17, 15) is 4.79 Å². The van der Waals surface area contributed by atoms with Crippen LogP contribution in [0.25, 0.3) is 0 Å². The van der Waals surface area contributed by atoms with E-state index in [2.05, 4.69) is 26.4 Å². The normalized spacial score (nSPS) is 11.4. The van der Waals surface area contributed by atoms with Gasteiger partial charge in [0.25, 0.3) is 0 Å². The summed E-state index contributed by atoms with van der Waals surface area (Å²) in [4.78, 5) is 13.0. The predicted molar refractivity (Wildman–Crippen MR) is 86.5 cm³/mol. The van der Waals surface area contributed by atoms with Crippen molar-refractivity contribution in [1.82, 2.24) is 5.32 Å². The molecule has 0 spiro atoms. The lowest BCUT2D eigenvalue weighted by atomic mass is 10.1. The number of carbonyl (C=O) groups is 1. The molecule has 0 aliphatic rings. The summed E-state index contributed by atoms with van der Waals surface area (Å²) in [7, 11) is 0. The van der Waals surface area contributed by atoms with Crippen molar-refractivity contribution in [1.29, 1.82) is 0 Å². The lowest BCUT2D eigenvalue weighted by Gasteiger charge is -2.05. The fraction of sp³-hybridized carbons (Fsp3) is 0.143. The summed E-state index contributed by atoms with van der Waals surface area (Å²) in [6.07, 6.45) is 0.295. The summed E-state index contributed by atoms with van der Waals surface area (Å²) in [6, 6.07) is 8.99. The van der Waals surface area contributed by atoms with Crippen LogP contribution in [0, 0.1) is 0 Å². The number of carbonyl (C=O) groups excluding carboxylic acids is 1. The molecule has 1 amide bonds. The van der Waals surface area contributed by atoms with E-state index in [-0.39, 0.29) is 11.7 Å². The minimum absolute atomic E-state index is 0.0453. The van der Waals surface area contributed by atoms with Crippen LogP contribution in [0.2, 0.25) is 0 Å². The minimum Gasteiger partial charge on any atom is -0.409 e. The Balaban J connectivity index is 1.87. The van der Waals surface area contributed by atoms with Gasteiger partial charge in [-0.3, -0.25) is 4.79 Å². The predicted octanol–water partition coefficient (Wildman–Crippen LogP) is 2.46. The highest BCUT2D eigenvalue weighted by atomic mass is 79.9. The van der Waals surface area contributed by atoms with Gasteiger partial charge in [-0.05, 0) is 27.6 Å². The summed E-state index contributed by atoms with van der Waals surface area (Å²) in [5, 5.41) is 16.4. The fourth-order valence-electron chi connectivity index (χ4n) is 1.73. The Kier molecular flexibility index (Phi) is 5.35. The van der Waals surface area contributed by atoms with Crippen LogP contribution >= 0.6 is 27.3 Å². The average Bonchev–Trinajstić information content (AvgIpc) is 2.91. The molecule has 7 heteroatoms. The summed E-state index contributed by atoms with van der Waals surface area (Å²) < 4.78 is 1.02. The zero-order chi connectivity index (χ0) is 15.2. The van der Waals surface area contributed by atoms with Crippen LogP contribution in [0.15, 0.2) is 45.3 Å². The maximum atomic E-state index is 11.9. The Hall–Kier alpha value is -1.86. The van der Waals surface area contributed by atoms with E-state index in [1.165, 1.54) is 0 Å². The molecule has 2 aromatic rings. The average molecular weight is 368 g/mol. The number of amides is 1. The fourth-order valence-corrected chi connectivity index (χ4v) is 3.12. The molecule has 1 aromatic heterocycles. The number of hydrogen-bond acceptors (Lipinski definition) is 4. The molecule has 1 aromatic carbocycles. The molecule has 110 valence electrons. The third-order valence-corrected chi connectivity index (χ3v) is 4.50. The van der Waals surface area contributed by atoms with Crippen molar-refractivity contribution in [2.45, 2.75) is 13.0 Å². The van der Waals surface area contributed by atoms with Gasteiger partial charge in [0.05, 0.1) is 13.0 Å². The molecule has 0 bridgehead atoms. The topological polar surface area (TPSA) is 87.7 Å². The first kappa shape index (κ1) is 15.5. The summed E-state index contributed by atoms with van der Waals surface area (Å²) >= 11 is 4.97. The molecule has 0 atom stereocenters. The Bertz CT molecular complexity index is 652. The molecule has 1 heterocycles. The standard InChI is InChI=1S/C14H14BrN3O2S/c15-11-6-12(21-8-11)7-17-13(19)5-9-1-3-10(4-2-9)14(16)18-20/h1-4,6,8,20H,5,7H2,(H2,16,18)(H,17,19). The van der Waals surface area contributed by atoms with Gasteiger partial charge in [-0.15, -0.1) is 11.3 Å². The first-order chi connectivity index (χ1) is 10.1. The van der Waals surface area contributed by atoms with E-state index in [0.29, 0.717) is 18.5 Å². The third kappa shape index (κ3) is 4.57. The number of amidine groups is 1. The van der Waals surface area contributed by atoms with Crippen molar-refractivity contribution < 1.29 is 10.0 Å². The number of nitrogens with two attached hydrogens (primary N) is 1. The van der Waals surface area contributed by atoms with Gasteiger partial charge in [0.1, 0.15) is 0 Å². The third-order valence-electron chi connectivity index (χ3n) is 2.80. The van der Waals surface area contributed by atoms with Crippen LogP contribution in [-0.4, -0.2) is 17.0 Å². The number of nitrogens with one attached hydrogen (secondary N) is 1. The van der Waals surface area contributed by atoms with Crippen molar-refractivity contribution in [3.63, 3.8) is 0 Å². The summed E-state index contributed by atoms with van der Waals surface area (Å²) in [6.45, 7) is 0.525. The van der Waals surface area contributed by atoms with E-state index in [4.69, 9.17) is 10.9 Å². The number of benzene rings is 1. The number of rotatable bonds is 5. The van der Waals surface area contributed by atoms with Crippen LogP contribution in [0.3, 0.4) is 0 Å². The second-order valence-electron chi connectivity index (χ2n) is 4.37. The Morgan fingerprint density at radius 3 is 2.67 bits per heavy atom. The second kappa shape index (κ2) is 7.24. The number of oxime groups is 1. The van der Waals surface area contributed by atoms with Crippen molar-refractivity contribution >= 4 is 39.0 Å². The number of nitrogens with zero attached hydrogens (tertiary/aromatic N) is 1. The molecular weight excluding hydrogens is 354 g/mol. The van der Waals surface area contributed by atoms with E-state index in [1.54, 1.807) is 35.6 Å². The minimum atomic E-state index is -0.0453. The SMILES string of the molecule is NC(=NO)c1ccc(CC(=O)NCc2cc(Br)cs2)cc1. The number of thiophene rings is 1. The first-order valence-corrected chi connectivity index (χ1v) is 7.82. The second-order valence-corrected chi connectivity index (χ2v) is 6.28. The van der Waals surface area contributed by atoms with Crippen molar-refractivity contribution in [2.24, 2.45) is 10.9 Å². The van der Waals surface area contributed by atoms with Gasteiger partial charge in [0.2, 0.25) is 5.91 Å². The molecule has 0 fully saturated rings. The Morgan fingerprint density at radius 1 is 1.38 bits per heavy atom. The molecule has 0 saturated carbocycles. The van der Waals surface area contributed by atoms with E-state index >= 15 is 0 Å². The van der Waals surface area contributed by atoms with Gasteiger partial charge in [-0.2, -0.15) is 0 Å². The van der Waals surface area contributed by atoms with Crippen LogP contribution < -0.4 is 11.1 Å². The van der Waals surface area contributed by atoms with Gasteiger partial charge < -0.3 is 16.3 Å².